The predicted molar refractivity (Wildman–Crippen MR) is 68.7 cm³/mol. The highest BCUT2D eigenvalue weighted by Crippen LogP contribution is 2.58. The standard InChI is InChI=1S/C14H14BrNO/c15-11-5-3-8(4-6-11)14(17)16-12-9-1-2-10(7-9)13(12)16/h3-6,9-10,12-13H,1-2,7H2. The molecule has 1 aromatic rings. The number of carbonyl (C=O) groups excluding carboxylic acids is 1. The van der Waals surface area contributed by atoms with Gasteiger partial charge in [0.25, 0.3) is 5.91 Å². The Kier molecular flexibility index (Phi) is 1.99. The van der Waals surface area contributed by atoms with Crippen LogP contribution in [0.25, 0.3) is 0 Å². The van der Waals surface area contributed by atoms with Crippen LogP contribution in [0.1, 0.15) is 29.6 Å². The van der Waals surface area contributed by atoms with E-state index in [-0.39, 0.29) is 5.91 Å². The van der Waals surface area contributed by atoms with Crippen molar-refractivity contribution in [2.75, 3.05) is 0 Å². The quantitative estimate of drug-likeness (QED) is 0.728. The zero-order valence-corrected chi connectivity index (χ0v) is 11.1. The fraction of sp³-hybridized carbons (Fsp3) is 0.500. The van der Waals surface area contributed by atoms with Gasteiger partial charge in [-0.2, -0.15) is 0 Å². The molecule has 1 saturated heterocycles. The molecule has 2 bridgehead atoms. The number of halogens is 1. The molecule has 2 nitrogen and oxygen atoms in total. The summed E-state index contributed by atoms with van der Waals surface area (Å²) in [6, 6.07) is 8.90. The average Bonchev–Trinajstić information content (AvgIpc) is 2.77. The maximum absolute atomic E-state index is 12.4. The van der Waals surface area contributed by atoms with Gasteiger partial charge in [-0.15, -0.1) is 0 Å². The van der Waals surface area contributed by atoms with Crippen molar-refractivity contribution in [2.24, 2.45) is 11.8 Å². The average molecular weight is 292 g/mol. The van der Waals surface area contributed by atoms with Crippen LogP contribution in [-0.4, -0.2) is 22.9 Å². The summed E-state index contributed by atoms with van der Waals surface area (Å²) in [5.41, 5.74) is 0.835. The molecule has 1 heterocycles. The smallest absolute Gasteiger partial charge is 0.254 e. The van der Waals surface area contributed by atoms with Crippen LogP contribution in [0.4, 0.5) is 0 Å². The van der Waals surface area contributed by atoms with E-state index in [1.54, 1.807) is 0 Å². The molecular formula is C14H14BrNO. The van der Waals surface area contributed by atoms with E-state index in [1.165, 1.54) is 19.3 Å². The summed E-state index contributed by atoms with van der Waals surface area (Å²) in [6.45, 7) is 0. The second-order valence-electron chi connectivity index (χ2n) is 5.53. The summed E-state index contributed by atoms with van der Waals surface area (Å²) in [5.74, 6) is 1.86. The van der Waals surface area contributed by atoms with Gasteiger partial charge in [0.15, 0.2) is 0 Å². The Morgan fingerprint density at radius 2 is 1.71 bits per heavy atom. The Morgan fingerprint density at radius 3 is 2.29 bits per heavy atom. The van der Waals surface area contributed by atoms with E-state index in [2.05, 4.69) is 20.8 Å². The molecule has 4 atom stereocenters. The van der Waals surface area contributed by atoms with Gasteiger partial charge < -0.3 is 4.90 Å². The topological polar surface area (TPSA) is 20.1 Å². The Balaban J connectivity index is 1.58. The SMILES string of the molecule is O=C(c1ccc(Br)cc1)N1C2C3CCC(C3)C21. The van der Waals surface area contributed by atoms with Gasteiger partial charge in [-0.05, 0) is 55.4 Å². The van der Waals surface area contributed by atoms with Crippen LogP contribution >= 0.6 is 15.9 Å². The molecular weight excluding hydrogens is 278 g/mol. The normalized spacial score (nSPS) is 37.1. The first-order chi connectivity index (χ1) is 8.25. The van der Waals surface area contributed by atoms with Crippen molar-refractivity contribution >= 4 is 21.8 Å². The van der Waals surface area contributed by atoms with E-state index in [1.807, 2.05) is 24.3 Å². The van der Waals surface area contributed by atoms with E-state index in [0.29, 0.717) is 12.1 Å². The van der Waals surface area contributed by atoms with Gasteiger partial charge in [-0.25, -0.2) is 0 Å². The molecule has 88 valence electrons. The molecule has 17 heavy (non-hydrogen) atoms. The van der Waals surface area contributed by atoms with Crippen molar-refractivity contribution < 1.29 is 4.79 Å². The van der Waals surface area contributed by atoms with E-state index in [0.717, 1.165) is 21.9 Å². The Labute approximate surface area is 109 Å². The number of nitrogens with zero attached hydrogens (tertiary/aromatic N) is 1. The molecule has 1 aliphatic heterocycles. The lowest BCUT2D eigenvalue weighted by Gasteiger charge is -2.12. The Bertz CT molecular complexity index is 468. The highest BCUT2D eigenvalue weighted by atomic mass is 79.9. The summed E-state index contributed by atoms with van der Waals surface area (Å²) in [6.07, 6.45) is 4.06. The molecule has 1 amide bonds. The Hall–Kier alpha value is -0.830. The molecule has 0 aromatic heterocycles. The molecule has 2 aliphatic carbocycles. The summed E-state index contributed by atoms with van der Waals surface area (Å²) in [4.78, 5) is 14.5. The maximum Gasteiger partial charge on any atom is 0.254 e. The maximum atomic E-state index is 12.4. The number of rotatable bonds is 1. The van der Waals surface area contributed by atoms with Crippen molar-refractivity contribution in [1.82, 2.24) is 4.90 Å². The van der Waals surface area contributed by atoms with Crippen LogP contribution in [0.3, 0.4) is 0 Å². The van der Waals surface area contributed by atoms with Crippen LogP contribution in [0, 0.1) is 11.8 Å². The first-order valence-corrected chi connectivity index (χ1v) is 7.13. The van der Waals surface area contributed by atoms with Crippen molar-refractivity contribution in [3.8, 4) is 0 Å². The number of carbonyl (C=O) groups is 1. The Morgan fingerprint density at radius 1 is 1.12 bits per heavy atom. The van der Waals surface area contributed by atoms with Crippen LogP contribution in [0.2, 0.25) is 0 Å². The lowest BCUT2D eigenvalue weighted by Crippen LogP contribution is -2.20. The number of amides is 1. The number of piperidine rings is 1. The van der Waals surface area contributed by atoms with Crippen molar-refractivity contribution in [3.63, 3.8) is 0 Å². The van der Waals surface area contributed by atoms with Crippen LogP contribution in [0.5, 0.6) is 0 Å². The number of hydrogen-bond acceptors (Lipinski definition) is 1. The van der Waals surface area contributed by atoms with Crippen LogP contribution < -0.4 is 0 Å². The molecule has 0 N–H and O–H groups in total. The summed E-state index contributed by atoms with van der Waals surface area (Å²) in [7, 11) is 0. The van der Waals surface area contributed by atoms with E-state index in [9.17, 15) is 4.79 Å². The minimum atomic E-state index is 0.240. The monoisotopic (exact) mass is 291 g/mol. The molecule has 1 aromatic carbocycles. The predicted octanol–water partition coefficient (Wildman–Crippen LogP) is 3.07. The number of fused-ring (bicyclic) bond motifs is 5. The third-order valence-corrected chi connectivity index (χ3v) is 5.24. The van der Waals surface area contributed by atoms with Crippen LogP contribution in [0.15, 0.2) is 28.7 Å². The second-order valence-corrected chi connectivity index (χ2v) is 6.45. The van der Waals surface area contributed by atoms with Crippen molar-refractivity contribution in [1.29, 1.82) is 0 Å². The molecule has 3 fully saturated rings. The van der Waals surface area contributed by atoms with Gasteiger partial charge in [-0.3, -0.25) is 4.79 Å². The first-order valence-electron chi connectivity index (χ1n) is 6.34. The second kappa shape index (κ2) is 3.35. The zero-order valence-electron chi connectivity index (χ0n) is 9.47. The van der Waals surface area contributed by atoms with Crippen LogP contribution in [-0.2, 0) is 0 Å². The van der Waals surface area contributed by atoms with E-state index >= 15 is 0 Å². The lowest BCUT2D eigenvalue weighted by atomic mass is 10.0. The lowest BCUT2D eigenvalue weighted by molar-refractivity contribution is 0.0842. The van der Waals surface area contributed by atoms with E-state index < -0.39 is 0 Å². The van der Waals surface area contributed by atoms with Crippen molar-refractivity contribution in [3.05, 3.63) is 34.3 Å². The first kappa shape index (κ1) is 10.1. The fourth-order valence-corrected chi connectivity index (χ4v) is 4.23. The zero-order chi connectivity index (χ0) is 11.6. The minimum absolute atomic E-state index is 0.240. The summed E-state index contributed by atoms with van der Waals surface area (Å²) >= 11 is 3.40. The van der Waals surface area contributed by atoms with Gasteiger partial charge in [0.2, 0.25) is 0 Å². The van der Waals surface area contributed by atoms with Gasteiger partial charge in [0.1, 0.15) is 0 Å². The molecule has 3 heteroatoms. The van der Waals surface area contributed by atoms with Gasteiger partial charge >= 0.3 is 0 Å². The molecule has 2 saturated carbocycles. The van der Waals surface area contributed by atoms with E-state index in [4.69, 9.17) is 0 Å². The number of likely N-dealkylation sites (tertiary alicyclic amines) is 1. The molecule has 0 spiro atoms. The van der Waals surface area contributed by atoms with Gasteiger partial charge in [-0.1, -0.05) is 15.9 Å². The molecule has 0 radical (unpaired) electrons. The summed E-state index contributed by atoms with van der Waals surface area (Å²) in [5, 5.41) is 0. The van der Waals surface area contributed by atoms with Gasteiger partial charge in [0, 0.05) is 10.0 Å². The fourth-order valence-electron chi connectivity index (χ4n) is 3.97. The third-order valence-electron chi connectivity index (χ3n) is 4.71. The number of benzene rings is 1. The van der Waals surface area contributed by atoms with Crippen molar-refractivity contribution in [2.45, 2.75) is 31.3 Å². The largest absolute Gasteiger partial charge is 0.328 e. The van der Waals surface area contributed by atoms with Gasteiger partial charge in [0.05, 0.1) is 12.1 Å². The third kappa shape index (κ3) is 1.35. The molecule has 3 aliphatic rings. The molecule has 4 rings (SSSR count). The number of hydrogen-bond donors (Lipinski definition) is 0. The highest BCUT2D eigenvalue weighted by Gasteiger charge is 2.65. The minimum Gasteiger partial charge on any atom is -0.328 e. The highest BCUT2D eigenvalue weighted by molar-refractivity contribution is 9.10. The summed E-state index contributed by atoms with van der Waals surface area (Å²) < 4.78 is 1.03. The molecule has 4 unspecified atom stereocenters.